The van der Waals surface area contributed by atoms with Gasteiger partial charge in [-0.3, -0.25) is 4.79 Å². The highest BCUT2D eigenvalue weighted by molar-refractivity contribution is 7.89. The molecule has 0 radical (unpaired) electrons. The van der Waals surface area contributed by atoms with Crippen LogP contribution in [-0.2, 0) is 19.6 Å². The highest BCUT2D eigenvalue weighted by Gasteiger charge is 2.30. The Bertz CT molecular complexity index is 789. The fourth-order valence-corrected chi connectivity index (χ4v) is 3.84. The molecule has 1 aromatic carbocycles. The monoisotopic (exact) mass is 398 g/mol. The quantitative estimate of drug-likeness (QED) is 0.600. The second kappa shape index (κ2) is 9.18. The molecule has 1 aliphatic rings. The normalized spacial score (nSPS) is 13.9. The van der Waals surface area contributed by atoms with Crippen molar-refractivity contribution in [3.63, 3.8) is 0 Å². The van der Waals surface area contributed by atoms with Gasteiger partial charge in [-0.1, -0.05) is 13.3 Å². The highest BCUT2D eigenvalue weighted by atomic mass is 32.2. The summed E-state index contributed by atoms with van der Waals surface area (Å²) < 4.78 is 37.7. The van der Waals surface area contributed by atoms with Crippen molar-refractivity contribution in [1.29, 1.82) is 0 Å². The lowest BCUT2D eigenvalue weighted by Gasteiger charge is -2.16. The highest BCUT2D eigenvalue weighted by Crippen LogP contribution is 2.28. The molecule has 1 aliphatic carbocycles. The number of carbonyl (C=O) groups is 2. The van der Waals surface area contributed by atoms with E-state index in [1.165, 1.54) is 30.2 Å². The number of carbonyl (C=O) groups excluding carboxylic acids is 2. The summed E-state index contributed by atoms with van der Waals surface area (Å²) in [6.45, 7) is 2.21. The Kier molecular flexibility index (Phi) is 7.20. The van der Waals surface area contributed by atoms with Gasteiger partial charge < -0.3 is 14.4 Å². The van der Waals surface area contributed by atoms with Crippen molar-refractivity contribution >= 4 is 21.9 Å². The first-order valence-corrected chi connectivity index (χ1v) is 10.4. The van der Waals surface area contributed by atoms with E-state index in [0.717, 1.165) is 25.7 Å². The van der Waals surface area contributed by atoms with E-state index in [1.54, 1.807) is 7.05 Å². The minimum absolute atomic E-state index is 0.0379. The van der Waals surface area contributed by atoms with E-state index in [2.05, 4.69) is 4.72 Å². The first-order valence-electron chi connectivity index (χ1n) is 8.90. The van der Waals surface area contributed by atoms with Gasteiger partial charge in [-0.25, -0.2) is 17.9 Å². The van der Waals surface area contributed by atoms with Gasteiger partial charge in [0.1, 0.15) is 10.6 Å². The van der Waals surface area contributed by atoms with Crippen LogP contribution in [0.4, 0.5) is 0 Å². The summed E-state index contributed by atoms with van der Waals surface area (Å²) in [4.78, 5) is 25.6. The lowest BCUT2D eigenvalue weighted by atomic mass is 10.2. The Balaban J connectivity index is 2.08. The molecule has 0 aromatic heterocycles. The van der Waals surface area contributed by atoms with Crippen LogP contribution in [0.2, 0.25) is 0 Å². The zero-order valence-corrected chi connectivity index (χ0v) is 16.7. The zero-order valence-electron chi connectivity index (χ0n) is 15.9. The largest absolute Gasteiger partial charge is 0.495 e. The van der Waals surface area contributed by atoms with Crippen LogP contribution in [0.3, 0.4) is 0 Å². The Hall–Kier alpha value is -2.13. The Morgan fingerprint density at radius 2 is 2.00 bits per heavy atom. The number of likely N-dealkylation sites (N-methyl/N-ethyl adjacent to an activating group) is 1. The van der Waals surface area contributed by atoms with Crippen LogP contribution in [-0.4, -0.2) is 58.5 Å². The van der Waals surface area contributed by atoms with Crippen LogP contribution in [0.1, 0.15) is 43.0 Å². The van der Waals surface area contributed by atoms with Crippen LogP contribution < -0.4 is 9.46 Å². The maximum atomic E-state index is 12.5. The molecule has 8 nitrogen and oxygen atoms in total. The number of unbranched alkanes of at least 4 members (excludes halogenated alkanes) is 1. The second-order valence-electron chi connectivity index (χ2n) is 6.51. The van der Waals surface area contributed by atoms with Crippen molar-refractivity contribution < 1.29 is 27.5 Å². The molecule has 150 valence electrons. The number of esters is 1. The number of benzene rings is 1. The number of hydrogen-bond donors (Lipinski definition) is 1. The summed E-state index contributed by atoms with van der Waals surface area (Å²) >= 11 is 0. The van der Waals surface area contributed by atoms with Gasteiger partial charge >= 0.3 is 5.97 Å². The minimum Gasteiger partial charge on any atom is -0.495 e. The number of hydrogen-bond acceptors (Lipinski definition) is 6. The van der Waals surface area contributed by atoms with Gasteiger partial charge in [-0.2, -0.15) is 0 Å². The molecule has 0 unspecified atom stereocenters. The maximum Gasteiger partial charge on any atom is 0.338 e. The molecule has 27 heavy (non-hydrogen) atoms. The van der Waals surface area contributed by atoms with Gasteiger partial charge in [0.15, 0.2) is 6.61 Å². The number of methoxy groups -OCH3 is 1. The molecule has 0 aliphatic heterocycles. The Morgan fingerprint density at radius 1 is 1.30 bits per heavy atom. The molecule has 0 atom stereocenters. The van der Waals surface area contributed by atoms with E-state index in [4.69, 9.17) is 9.47 Å². The molecule has 1 aromatic rings. The third kappa shape index (κ3) is 5.93. The molecular formula is C18H26N2O6S. The fourth-order valence-electron chi connectivity index (χ4n) is 2.34. The molecule has 0 bridgehead atoms. The van der Waals surface area contributed by atoms with E-state index in [0.29, 0.717) is 6.54 Å². The molecule has 1 saturated carbocycles. The molecule has 0 spiro atoms. The van der Waals surface area contributed by atoms with Crippen LogP contribution in [0.25, 0.3) is 0 Å². The predicted molar refractivity (Wildman–Crippen MR) is 99.2 cm³/mol. The van der Waals surface area contributed by atoms with Gasteiger partial charge in [0.2, 0.25) is 10.0 Å². The standard InChI is InChI=1S/C18H26N2O6S/c1-4-5-10-20(2)17(21)12-26-18(22)13-6-9-15(25-3)16(11-13)27(23,24)19-14-7-8-14/h6,9,11,14,19H,4-5,7-8,10,12H2,1-3H3. The van der Waals surface area contributed by atoms with Gasteiger partial charge in [0.05, 0.1) is 12.7 Å². The zero-order chi connectivity index (χ0) is 20.0. The van der Waals surface area contributed by atoms with Crippen molar-refractivity contribution in [1.82, 2.24) is 9.62 Å². The summed E-state index contributed by atoms with van der Waals surface area (Å²) in [6.07, 6.45) is 3.40. The molecule has 1 N–H and O–H groups in total. The van der Waals surface area contributed by atoms with Crippen LogP contribution in [0.5, 0.6) is 5.75 Å². The second-order valence-corrected chi connectivity index (χ2v) is 8.19. The van der Waals surface area contributed by atoms with E-state index >= 15 is 0 Å². The first kappa shape index (κ1) is 21.2. The van der Waals surface area contributed by atoms with Crippen LogP contribution in [0, 0.1) is 0 Å². The smallest absolute Gasteiger partial charge is 0.338 e. The number of sulfonamides is 1. The van der Waals surface area contributed by atoms with Crippen LogP contribution >= 0.6 is 0 Å². The third-order valence-electron chi connectivity index (χ3n) is 4.19. The van der Waals surface area contributed by atoms with E-state index in [9.17, 15) is 18.0 Å². The minimum atomic E-state index is -3.81. The average molecular weight is 398 g/mol. The Morgan fingerprint density at radius 3 is 2.59 bits per heavy atom. The van der Waals surface area contributed by atoms with Crippen molar-refractivity contribution in [2.75, 3.05) is 27.3 Å². The van der Waals surface area contributed by atoms with Crippen molar-refractivity contribution in [3.8, 4) is 5.75 Å². The fraction of sp³-hybridized carbons (Fsp3) is 0.556. The molecule has 2 rings (SSSR count). The average Bonchev–Trinajstić information content (AvgIpc) is 3.46. The summed E-state index contributed by atoms with van der Waals surface area (Å²) in [5.41, 5.74) is 0.0379. The van der Waals surface area contributed by atoms with E-state index in [1.807, 2.05) is 6.92 Å². The Labute approximate surface area is 159 Å². The summed E-state index contributed by atoms with van der Waals surface area (Å²) in [6, 6.07) is 3.93. The van der Waals surface area contributed by atoms with Crippen molar-refractivity contribution in [2.24, 2.45) is 0 Å². The lowest BCUT2D eigenvalue weighted by molar-refractivity contribution is -0.133. The molecule has 1 fully saturated rings. The van der Waals surface area contributed by atoms with E-state index < -0.39 is 22.6 Å². The number of nitrogens with one attached hydrogen (secondary N) is 1. The molecule has 0 heterocycles. The third-order valence-corrected chi connectivity index (χ3v) is 5.73. The number of ether oxygens (including phenoxy) is 2. The summed E-state index contributed by atoms with van der Waals surface area (Å²) in [5, 5.41) is 0. The topological polar surface area (TPSA) is 102 Å². The lowest BCUT2D eigenvalue weighted by Crippen LogP contribution is -2.32. The molecule has 1 amide bonds. The first-order chi connectivity index (χ1) is 12.8. The molecule has 9 heteroatoms. The predicted octanol–water partition coefficient (Wildman–Crippen LogP) is 1.55. The number of nitrogens with zero attached hydrogens (tertiary/aromatic N) is 1. The van der Waals surface area contributed by atoms with E-state index in [-0.39, 0.29) is 28.2 Å². The van der Waals surface area contributed by atoms with Gasteiger partial charge in [-0.05, 0) is 37.5 Å². The SMILES string of the molecule is CCCCN(C)C(=O)COC(=O)c1ccc(OC)c(S(=O)(=O)NC2CC2)c1. The van der Waals surface area contributed by atoms with Crippen LogP contribution in [0.15, 0.2) is 23.1 Å². The molecule has 0 saturated heterocycles. The van der Waals surface area contributed by atoms with Crippen molar-refractivity contribution in [2.45, 2.75) is 43.5 Å². The maximum absolute atomic E-state index is 12.5. The van der Waals surface area contributed by atoms with Gasteiger partial charge in [0, 0.05) is 19.6 Å². The van der Waals surface area contributed by atoms with Gasteiger partial charge in [0.25, 0.3) is 5.91 Å². The van der Waals surface area contributed by atoms with Gasteiger partial charge in [-0.15, -0.1) is 0 Å². The van der Waals surface area contributed by atoms with Crippen molar-refractivity contribution in [3.05, 3.63) is 23.8 Å². The number of amides is 1. The summed E-state index contributed by atoms with van der Waals surface area (Å²) in [7, 11) is -0.807. The number of rotatable bonds is 10. The molecular weight excluding hydrogens is 372 g/mol. The summed E-state index contributed by atoms with van der Waals surface area (Å²) in [5.74, 6) is -0.943.